The van der Waals surface area contributed by atoms with E-state index in [1.807, 2.05) is 45.0 Å². The summed E-state index contributed by atoms with van der Waals surface area (Å²) in [4.78, 5) is 24.3. The highest BCUT2D eigenvalue weighted by atomic mass is 16.6. The molecular formula is C30H36O4. The molecule has 1 unspecified atom stereocenters. The number of benzene rings is 2. The van der Waals surface area contributed by atoms with Crippen molar-refractivity contribution in [2.45, 2.75) is 77.7 Å². The molecule has 2 atom stereocenters. The Morgan fingerprint density at radius 2 is 1.71 bits per heavy atom. The van der Waals surface area contributed by atoms with Crippen molar-refractivity contribution in [2.75, 3.05) is 0 Å². The first kappa shape index (κ1) is 24.3. The number of hydrogen-bond donors (Lipinski definition) is 1. The molecule has 0 bridgehead atoms. The zero-order chi connectivity index (χ0) is 24.5. The summed E-state index contributed by atoms with van der Waals surface area (Å²) in [5, 5.41) is 9.90. The van der Waals surface area contributed by atoms with Gasteiger partial charge in [0.1, 0.15) is 5.60 Å². The highest BCUT2D eigenvalue weighted by Crippen LogP contribution is 2.56. The van der Waals surface area contributed by atoms with Crippen molar-refractivity contribution in [1.82, 2.24) is 0 Å². The van der Waals surface area contributed by atoms with Gasteiger partial charge in [-0.3, -0.25) is 4.79 Å². The highest BCUT2D eigenvalue weighted by Gasteiger charge is 2.44. The average molecular weight is 461 g/mol. The Morgan fingerprint density at radius 3 is 2.21 bits per heavy atom. The number of rotatable bonds is 7. The van der Waals surface area contributed by atoms with Gasteiger partial charge in [-0.15, -0.1) is 0 Å². The molecule has 2 aromatic carbocycles. The molecular weight excluding hydrogens is 424 g/mol. The Morgan fingerprint density at radius 1 is 1.06 bits per heavy atom. The third-order valence-electron chi connectivity index (χ3n) is 7.45. The van der Waals surface area contributed by atoms with Gasteiger partial charge in [-0.1, -0.05) is 49.4 Å². The molecule has 1 saturated carbocycles. The first-order valence-corrected chi connectivity index (χ1v) is 12.4. The monoisotopic (exact) mass is 460 g/mol. The molecule has 0 radical (unpaired) electrons. The van der Waals surface area contributed by atoms with Crippen molar-refractivity contribution < 1.29 is 19.4 Å². The molecule has 0 aliphatic heterocycles. The topological polar surface area (TPSA) is 63.6 Å². The highest BCUT2D eigenvalue weighted by molar-refractivity contribution is 5.89. The second-order valence-corrected chi connectivity index (χ2v) is 11.3. The Balaban J connectivity index is 1.42. The fourth-order valence-corrected chi connectivity index (χ4v) is 4.96. The van der Waals surface area contributed by atoms with Gasteiger partial charge in [0.05, 0.1) is 11.5 Å². The lowest BCUT2D eigenvalue weighted by Gasteiger charge is -2.27. The predicted octanol–water partition coefficient (Wildman–Crippen LogP) is 7.04. The van der Waals surface area contributed by atoms with Gasteiger partial charge >= 0.3 is 11.9 Å². The number of carboxylic acids is 1. The van der Waals surface area contributed by atoms with E-state index >= 15 is 0 Å². The van der Waals surface area contributed by atoms with E-state index in [1.54, 1.807) is 12.1 Å². The summed E-state index contributed by atoms with van der Waals surface area (Å²) in [7, 11) is 0. The molecule has 4 rings (SSSR count). The van der Waals surface area contributed by atoms with Crippen molar-refractivity contribution in [1.29, 1.82) is 0 Å². The number of esters is 1. The van der Waals surface area contributed by atoms with Gasteiger partial charge in [-0.05, 0) is 105 Å². The fourth-order valence-electron chi connectivity index (χ4n) is 4.96. The van der Waals surface area contributed by atoms with E-state index in [0.717, 1.165) is 29.9 Å². The number of hydrogen-bond acceptors (Lipinski definition) is 3. The van der Waals surface area contributed by atoms with Gasteiger partial charge in [0.25, 0.3) is 0 Å². The Bertz CT molecular complexity index is 1070. The number of carbonyl (C=O) groups is 2. The summed E-state index contributed by atoms with van der Waals surface area (Å²) in [6.45, 7) is 7.91. The first-order valence-electron chi connectivity index (χ1n) is 12.4. The maximum atomic E-state index is 12.2. The number of ether oxygens (including phenoxy) is 1. The van der Waals surface area contributed by atoms with E-state index in [9.17, 15) is 14.7 Å². The van der Waals surface area contributed by atoms with Crippen LogP contribution in [0.1, 0.15) is 92.8 Å². The summed E-state index contributed by atoms with van der Waals surface area (Å²) >= 11 is 0. The first-order chi connectivity index (χ1) is 16.0. The van der Waals surface area contributed by atoms with Crippen LogP contribution in [-0.4, -0.2) is 22.6 Å². The summed E-state index contributed by atoms with van der Waals surface area (Å²) < 4.78 is 5.40. The summed E-state index contributed by atoms with van der Waals surface area (Å²) in [5.74, 6) is -1.05. The Labute approximate surface area is 203 Å². The number of aliphatic carboxylic acids is 1. The minimum atomic E-state index is -0.846. The van der Waals surface area contributed by atoms with E-state index in [0.29, 0.717) is 17.4 Å². The third kappa shape index (κ3) is 5.78. The zero-order valence-electron chi connectivity index (χ0n) is 20.8. The van der Waals surface area contributed by atoms with Crippen LogP contribution in [0.25, 0.3) is 5.57 Å². The van der Waals surface area contributed by atoms with Crippen LogP contribution in [0.15, 0.2) is 54.6 Å². The smallest absolute Gasteiger partial charge is 0.338 e. The van der Waals surface area contributed by atoms with Gasteiger partial charge in [0, 0.05) is 0 Å². The molecule has 1 N–H and O–H groups in total. The van der Waals surface area contributed by atoms with Gasteiger partial charge in [0.15, 0.2) is 0 Å². The standard InChI is InChI=1S/C30H36O4/c1-29(2,3)34-28(33)24-7-5-20(6-8-24)19-26(27(31)32)23-11-9-21(10-12-23)22-13-15-25(16-14-22)30(4)17-18-30/h5-13,25-26H,14-19H2,1-4H3,(H,31,32)/t25?,26-/m1/s1. The Kier molecular flexibility index (Phi) is 6.71. The van der Waals surface area contributed by atoms with Gasteiger partial charge < -0.3 is 9.84 Å². The van der Waals surface area contributed by atoms with Crippen LogP contribution >= 0.6 is 0 Å². The van der Waals surface area contributed by atoms with E-state index < -0.39 is 17.5 Å². The van der Waals surface area contributed by atoms with E-state index in [1.165, 1.54) is 30.4 Å². The van der Waals surface area contributed by atoms with Crippen molar-refractivity contribution in [3.8, 4) is 0 Å². The Hall–Kier alpha value is -2.88. The number of carbonyl (C=O) groups excluding carboxylic acids is 1. The quantitative estimate of drug-likeness (QED) is 0.450. The van der Waals surface area contributed by atoms with Crippen molar-refractivity contribution in [3.63, 3.8) is 0 Å². The van der Waals surface area contributed by atoms with Gasteiger partial charge in [-0.2, -0.15) is 0 Å². The molecule has 180 valence electrons. The summed E-state index contributed by atoms with van der Waals surface area (Å²) in [6.07, 6.45) is 9.02. The van der Waals surface area contributed by atoms with Gasteiger partial charge in [0.2, 0.25) is 0 Å². The second-order valence-electron chi connectivity index (χ2n) is 11.3. The van der Waals surface area contributed by atoms with Crippen LogP contribution in [0.5, 0.6) is 0 Å². The molecule has 4 heteroatoms. The summed E-state index contributed by atoms with van der Waals surface area (Å²) in [6, 6.07) is 15.1. The SMILES string of the molecule is CC(C)(C)OC(=O)c1ccc(C[C@@H](C(=O)O)c2ccc(C3=CCC(C4(C)CC4)CC3)cc2)cc1. The second kappa shape index (κ2) is 9.40. The van der Waals surface area contributed by atoms with Crippen LogP contribution in [0.3, 0.4) is 0 Å². The lowest BCUT2D eigenvalue weighted by Crippen LogP contribution is -2.23. The van der Waals surface area contributed by atoms with Crippen molar-refractivity contribution in [2.24, 2.45) is 11.3 Å². The zero-order valence-corrected chi connectivity index (χ0v) is 20.8. The maximum absolute atomic E-state index is 12.2. The fraction of sp³-hybridized carbons (Fsp3) is 0.467. The molecule has 1 fully saturated rings. The molecule has 0 heterocycles. The van der Waals surface area contributed by atoms with Crippen LogP contribution < -0.4 is 0 Å². The number of allylic oxidation sites excluding steroid dienone is 2. The lowest BCUT2D eigenvalue weighted by molar-refractivity contribution is -0.138. The largest absolute Gasteiger partial charge is 0.481 e. The molecule has 2 aromatic rings. The molecule has 2 aliphatic rings. The molecule has 0 aromatic heterocycles. The maximum Gasteiger partial charge on any atom is 0.338 e. The minimum Gasteiger partial charge on any atom is -0.481 e. The van der Waals surface area contributed by atoms with Crippen molar-refractivity contribution in [3.05, 3.63) is 76.9 Å². The molecule has 0 spiro atoms. The lowest BCUT2D eigenvalue weighted by atomic mass is 9.78. The third-order valence-corrected chi connectivity index (χ3v) is 7.45. The van der Waals surface area contributed by atoms with Crippen LogP contribution in [0.2, 0.25) is 0 Å². The van der Waals surface area contributed by atoms with Crippen LogP contribution in [0, 0.1) is 11.3 Å². The molecule has 0 saturated heterocycles. The number of carboxylic acid groups (broad SMARTS) is 1. The molecule has 2 aliphatic carbocycles. The normalized spacial score (nSPS) is 20.2. The minimum absolute atomic E-state index is 0.367. The van der Waals surface area contributed by atoms with Crippen molar-refractivity contribution >= 4 is 17.5 Å². The van der Waals surface area contributed by atoms with Crippen LogP contribution in [0.4, 0.5) is 0 Å². The van der Waals surface area contributed by atoms with Gasteiger partial charge in [-0.25, -0.2) is 4.79 Å². The molecule has 34 heavy (non-hydrogen) atoms. The van der Waals surface area contributed by atoms with E-state index in [2.05, 4.69) is 25.1 Å². The molecule has 4 nitrogen and oxygen atoms in total. The average Bonchev–Trinajstić information content (AvgIpc) is 3.55. The van der Waals surface area contributed by atoms with Crippen LogP contribution in [-0.2, 0) is 16.0 Å². The molecule has 0 amide bonds. The predicted molar refractivity (Wildman–Crippen MR) is 135 cm³/mol. The summed E-state index contributed by atoms with van der Waals surface area (Å²) in [5.41, 5.74) is 4.75. The van der Waals surface area contributed by atoms with E-state index in [4.69, 9.17) is 4.74 Å². The van der Waals surface area contributed by atoms with E-state index in [-0.39, 0.29) is 5.97 Å².